The first kappa shape index (κ1) is 14.9. The van der Waals surface area contributed by atoms with E-state index in [2.05, 4.69) is 25.8 Å². The Hall–Kier alpha value is -0.980. The van der Waals surface area contributed by atoms with E-state index >= 15 is 0 Å². The maximum Gasteiger partial charge on any atom is 0.254 e. The molecule has 0 spiro atoms. The molecule has 3 rings (SSSR count). The molecule has 1 aromatic heterocycles. The van der Waals surface area contributed by atoms with Crippen LogP contribution >= 0.6 is 15.9 Å². The van der Waals surface area contributed by atoms with Gasteiger partial charge in [-0.3, -0.25) is 9.69 Å². The Labute approximate surface area is 133 Å². The number of pyridine rings is 1. The molecule has 0 N–H and O–H groups in total. The van der Waals surface area contributed by atoms with E-state index in [1.165, 1.54) is 12.8 Å². The SMILES string of the molecule is O=C(c1ccnc(Br)c1)N1CCN(CC2CCCO2)CC1. The van der Waals surface area contributed by atoms with Crippen molar-refractivity contribution in [2.24, 2.45) is 0 Å². The van der Waals surface area contributed by atoms with Gasteiger partial charge in [0.1, 0.15) is 4.60 Å². The summed E-state index contributed by atoms with van der Waals surface area (Å²) >= 11 is 3.31. The highest BCUT2D eigenvalue weighted by Crippen LogP contribution is 2.16. The average molecular weight is 354 g/mol. The van der Waals surface area contributed by atoms with Gasteiger partial charge in [0.15, 0.2) is 0 Å². The van der Waals surface area contributed by atoms with Crippen LogP contribution in [0.5, 0.6) is 0 Å². The van der Waals surface area contributed by atoms with Crippen molar-refractivity contribution in [3.05, 3.63) is 28.5 Å². The molecule has 5 nitrogen and oxygen atoms in total. The second-order valence-corrected chi connectivity index (χ2v) is 6.41. The van der Waals surface area contributed by atoms with Gasteiger partial charge in [-0.1, -0.05) is 0 Å². The third-order valence-electron chi connectivity index (χ3n) is 4.12. The first-order chi connectivity index (χ1) is 10.2. The second kappa shape index (κ2) is 6.85. The first-order valence-corrected chi connectivity index (χ1v) is 8.26. The van der Waals surface area contributed by atoms with Crippen molar-refractivity contribution in [3.8, 4) is 0 Å². The molecule has 1 amide bonds. The molecule has 1 unspecified atom stereocenters. The number of nitrogens with zero attached hydrogens (tertiary/aromatic N) is 3. The summed E-state index contributed by atoms with van der Waals surface area (Å²) in [6.07, 6.45) is 4.40. The van der Waals surface area contributed by atoms with Crippen LogP contribution in [0.4, 0.5) is 0 Å². The number of ether oxygens (including phenoxy) is 1. The molecule has 1 aromatic rings. The van der Waals surface area contributed by atoms with Crippen molar-refractivity contribution < 1.29 is 9.53 Å². The van der Waals surface area contributed by atoms with Gasteiger partial charge in [-0.25, -0.2) is 4.98 Å². The van der Waals surface area contributed by atoms with Crippen molar-refractivity contribution in [1.29, 1.82) is 0 Å². The van der Waals surface area contributed by atoms with E-state index in [4.69, 9.17) is 4.74 Å². The van der Waals surface area contributed by atoms with E-state index < -0.39 is 0 Å². The summed E-state index contributed by atoms with van der Waals surface area (Å²) in [6, 6.07) is 3.55. The number of carbonyl (C=O) groups is 1. The summed E-state index contributed by atoms with van der Waals surface area (Å²) in [7, 11) is 0. The topological polar surface area (TPSA) is 45.7 Å². The van der Waals surface area contributed by atoms with Gasteiger partial charge in [0.25, 0.3) is 5.91 Å². The molecule has 0 bridgehead atoms. The number of rotatable bonds is 3. The largest absolute Gasteiger partial charge is 0.377 e. The minimum atomic E-state index is 0.0925. The Bertz CT molecular complexity index is 497. The normalized spacial score (nSPS) is 23.5. The third-order valence-corrected chi connectivity index (χ3v) is 4.55. The van der Waals surface area contributed by atoms with Crippen LogP contribution in [0.15, 0.2) is 22.9 Å². The molecule has 1 atom stereocenters. The van der Waals surface area contributed by atoms with Gasteiger partial charge >= 0.3 is 0 Å². The van der Waals surface area contributed by atoms with Gasteiger partial charge in [0.2, 0.25) is 0 Å². The predicted molar refractivity (Wildman–Crippen MR) is 83.3 cm³/mol. The van der Waals surface area contributed by atoms with Crippen molar-refractivity contribution in [2.75, 3.05) is 39.3 Å². The third kappa shape index (κ3) is 3.81. The Morgan fingerprint density at radius 1 is 1.38 bits per heavy atom. The molecular weight excluding hydrogens is 334 g/mol. The fourth-order valence-corrected chi connectivity index (χ4v) is 3.29. The van der Waals surface area contributed by atoms with Crippen LogP contribution in [-0.4, -0.2) is 66.1 Å². The Kier molecular flexibility index (Phi) is 4.87. The lowest BCUT2D eigenvalue weighted by Crippen LogP contribution is -2.50. The maximum absolute atomic E-state index is 12.4. The molecule has 3 heterocycles. The van der Waals surface area contributed by atoms with Crippen LogP contribution in [0.3, 0.4) is 0 Å². The molecule has 114 valence electrons. The summed E-state index contributed by atoms with van der Waals surface area (Å²) < 4.78 is 6.38. The number of aromatic nitrogens is 1. The quantitative estimate of drug-likeness (QED) is 0.777. The standard InChI is InChI=1S/C15H20BrN3O2/c16-14-10-12(3-4-17-14)15(20)19-7-5-18(6-8-19)11-13-2-1-9-21-13/h3-4,10,13H,1-2,5-9,11H2. The van der Waals surface area contributed by atoms with Crippen molar-refractivity contribution in [2.45, 2.75) is 18.9 Å². The number of halogens is 1. The van der Waals surface area contributed by atoms with Gasteiger partial charge < -0.3 is 9.64 Å². The van der Waals surface area contributed by atoms with Gasteiger partial charge in [-0.15, -0.1) is 0 Å². The van der Waals surface area contributed by atoms with Crippen LogP contribution in [0.2, 0.25) is 0 Å². The van der Waals surface area contributed by atoms with Crippen LogP contribution in [-0.2, 0) is 4.74 Å². The van der Waals surface area contributed by atoms with Crippen LogP contribution in [0, 0.1) is 0 Å². The maximum atomic E-state index is 12.4. The average Bonchev–Trinajstić information content (AvgIpc) is 3.00. The van der Waals surface area contributed by atoms with Crippen molar-refractivity contribution in [1.82, 2.24) is 14.8 Å². The molecule has 6 heteroatoms. The van der Waals surface area contributed by atoms with E-state index in [9.17, 15) is 4.79 Å². The highest BCUT2D eigenvalue weighted by Gasteiger charge is 2.25. The molecular formula is C15H20BrN3O2. The Balaban J connectivity index is 1.52. The number of amides is 1. The lowest BCUT2D eigenvalue weighted by molar-refractivity contribution is 0.0432. The summed E-state index contributed by atoms with van der Waals surface area (Å²) in [4.78, 5) is 20.8. The van der Waals surface area contributed by atoms with E-state index in [1.807, 2.05) is 4.90 Å². The van der Waals surface area contributed by atoms with Gasteiger partial charge in [0.05, 0.1) is 6.10 Å². The Morgan fingerprint density at radius 3 is 2.86 bits per heavy atom. The molecule has 2 aliphatic rings. The molecule has 2 fully saturated rings. The number of carbonyl (C=O) groups excluding carboxylic acids is 1. The second-order valence-electron chi connectivity index (χ2n) is 5.60. The fourth-order valence-electron chi connectivity index (χ4n) is 2.93. The summed E-state index contributed by atoms with van der Waals surface area (Å²) in [6.45, 7) is 5.33. The lowest BCUT2D eigenvalue weighted by atomic mass is 10.2. The van der Waals surface area contributed by atoms with Crippen LogP contribution in [0.25, 0.3) is 0 Å². The van der Waals surface area contributed by atoms with E-state index in [0.717, 1.165) is 39.3 Å². The molecule has 2 saturated heterocycles. The lowest BCUT2D eigenvalue weighted by Gasteiger charge is -2.35. The smallest absolute Gasteiger partial charge is 0.254 e. The van der Waals surface area contributed by atoms with Gasteiger partial charge in [-0.05, 0) is 40.9 Å². The predicted octanol–water partition coefficient (Wildman–Crippen LogP) is 1.78. The zero-order valence-corrected chi connectivity index (χ0v) is 13.6. The Morgan fingerprint density at radius 2 is 2.19 bits per heavy atom. The van der Waals surface area contributed by atoms with E-state index in [1.54, 1.807) is 18.3 Å². The minimum Gasteiger partial charge on any atom is -0.377 e. The van der Waals surface area contributed by atoms with E-state index in [-0.39, 0.29) is 5.91 Å². The minimum absolute atomic E-state index is 0.0925. The zero-order valence-electron chi connectivity index (χ0n) is 12.0. The highest BCUT2D eigenvalue weighted by atomic mass is 79.9. The fraction of sp³-hybridized carbons (Fsp3) is 0.600. The molecule has 2 aliphatic heterocycles. The summed E-state index contributed by atoms with van der Waals surface area (Å²) in [5.41, 5.74) is 0.699. The highest BCUT2D eigenvalue weighted by molar-refractivity contribution is 9.10. The summed E-state index contributed by atoms with van der Waals surface area (Å²) in [5, 5.41) is 0. The van der Waals surface area contributed by atoms with Crippen molar-refractivity contribution >= 4 is 21.8 Å². The monoisotopic (exact) mass is 353 g/mol. The summed E-state index contributed by atoms with van der Waals surface area (Å²) in [5.74, 6) is 0.0925. The number of piperazine rings is 1. The molecule has 0 aliphatic carbocycles. The van der Waals surface area contributed by atoms with Gasteiger partial charge in [-0.2, -0.15) is 0 Å². The number of hydrogen-bond donors (Lipinski definition) is 0. The van der Waals surface area contributed by atoms with E-state index in [0.29, 0.717) is 16.3 Å². The van der Waals surface area contributed by atoms with Crippen molar-refractivity contribution in [3.63, 3.8) is 0 Å². The first-order valence-electron chi connectivity index (χ1n) is 7.47. The molecule has 21 heavy (non-hydrogen) atoms. The van der Waals surface area contributed by atoms with Gasteiger partial charge in [0, 0.05) is 51.1 Å². The number of hydrogen-bond acceptors (Lipinski definition) is 4. The zero-order chi connectivity index (χ0) is 14.7. The molecule has 0 aromatic carbocycles. The molecule has 0 radical (unpaired) electrons. The molecule has 0 saturated carbocycles. The van der Waals surface area contributed by atoms with Crippen LogP contribution in [0.1, 0.15) is 23.2 Å². The van der Waals surface area contributed by atoms with Crippen LogP contribution < -0.4 is 0 Å².